The van der Waals surface area contributed by atoms with Gasteiger partial charge in [0.25, 0.3) is 0 Å². The summed E-state index contributed by atoms with van der Waals surface area (Å²) in [7, 11) is 4.26. The summed E-state index contributed by atoms with van der Waals surface area (Å²) < 4.78 is 2.02. The van der Waals surface area contributed by atoms with Crippen molar-refractivity contribution in [2.75, 3.05) is 7.05 Å². The molecule has 0 unspecified atom stereocenters. The molecule has 1 saturated carbocycles. The topological polar surface area (TPSA) is 47.1 Å². The predicted molar refractivity (Wildman–Crippen MR) is 74.3 cm³/mol. The molecule has 102 valence electrons. The highest BCUT2D eigenvalue weighted by Crippen LogP contribution is 2.22. The van der Waals surface area contributed by atoms with Crippen LogP contribution in [0.1, 0.15) is 44.0 Å². The summed E-state index contributed by atoms with van der Waals surface area (Å²) in [6.07, 6.45) is 5.81. The molecular weight excluding hydrogens is 224 g/mol. The number of hydrogen-bond acceptors (Lipinski definition) is 3. The van der Waals surface area contributed by atoms with Crippen LogP contribution < -0.4 is 5.73 Å². The monoisotopic (exact) mass is 250 g/mol. The van der Waals surface area contributed by atoms with Crippen molar-refractivity contribution in [2.45, 2.75) is 57.7 Å². The summed E-state index contributed by atoms with van der Waals surface area (Å²) in [4.78, 5) is 2.46. The molecule has 0 atom stereocenters. The summed E-state index contributed by atoms with van der Waals surface area (Å²) in [5.74, 6) is 0. The van der Waals surface area contributed by atoms with Crippen molar-refractivity contribution < 1.29 is 0 Å². The molecule has 4 nitrogen and oxygen atoms in total. The standard InChI is InChI=1S/C14H26N4/c1-4-12-9-14(18(3)16-12)10-17(2)13-7-5-11(15)6-8-13/h9,11,13H,4-8,10,15H2,1-3H3. The van der Waals surface area contributed by atoms with Crippen LogP contribution in [0, 0.1) is 0 Å². The molecule has 2 rings (SSSR count). The number of nitrogens with two attached hydrogens (primary N) is 1. The third-order valence-corrected chi connectivity index (χ3v) is 4.17. The van der Waals surface area contributed by atoms with Crippen LogP contribution in [0.5, 0.6) is 0 Å². The van der Waals surface area contributed by atoms with Crippen molar-refractivity contribution in [3.63, 3.8) is 0 Å². The minimum absolute atomic E-state index is 0.429. The zero-order valence-electron chi connectivity index (χ0n) is 11.9. The Morgan fingerprint density at radius 3 is 2.61 bits per heavy atom. The van der Waals surface area contributed by atoms with Gasteiger partial charge in [-0.25, -0.2) is 0 Å². The van der Waals surface area contributed by atoms with Crippen molar-refractivity contribution >= 4 is 0 Å². The van der Waals surface area contributed by atoms with E-state index < -0.39 is 0 Å². The Morgan fingerprint density at radius 1 is 1.39 bits per heavy atom. The van der Waals surface area contributed by atoms with Crippen molar-refractivity contribution in [3.05, 3.63) is 17.5 Å². The van der Waals surface area contributed by atoms with Gasteiger partial charge in [0.1, 0.15) is 0 Å². The lowest BCUT2D eigenvalue weighted by molar-refractivity contribution is 0.173. The van der Waals surface area contributed by atoms with Crippen LogP contribution in [0.2, 0.25) is 0 Å². The van der Waals surface area contributed by atoms with Gasteiger partial charge in [0.05, 0.1) is 11.4 Å². The van der Waals surface area contributed by atoms with E-state index in [0.29, 0.717) is 12.1 Å². The number of hydrogen-bond donors (Lipinski definition) is 1. The average molecular weight is 250 g/mol. The molecule has 18 heavy (non-hydrogen) atoms. The number of aryl methyl sites for hydroxylation is 2. The first-order valence-corrected chi connectivity index (χ1v) is 7.07. The summed E-state index contributed by atoms with van der Waals surface area (Å²) >= 11 is 0. The van der Waals surface area contributed by atoms with E-state index in [4.69, 9.17) is 5.73 Å². The Morgan fingerprint density at radius 2 is 2.06 bits per heavy atom. The van der Waals surface area contributed by atoms with Gasteiger partial charge in [-0.3, -0.25) is 9.58 Å². The van der Waals surface area contributed by atoms with Crippen LogP contribution in [-0.2, 0) is 20.0 Å². The number of aromatic nitrogens is 2. The second-order valence-electron chi connectivity index (χ2n) is 5.59. The van der Waals surface area contributed by atoms with Crippen LogP contribution >= 0.6 is 0 Å². The zero-order valence-corrected chi connectivity index (χ0v) is 11.9. The molecule has 1 aliphatic carbocycles. The Labute approximate surface area is 110 Å². The smallest absolute Gasteiger partial charge is 0.0625 e. The van der Waals surface area contributed by atoms with Crippen molar-refractivity contribution in [1.29, 1.82) is 0 Å². The van der Waals surface area contributed by atoms with E-state index in [1.807, 2.05) is 11.7 Å². The van der Waals surface area contributed by atoms with Crippen LogP contribution in [-0.4, -0.2) is 33.8 Å². The first-order chi connectivity index (χ1) is 8.60. The molecule has 4 heteroatoms. The fourth-order valence-electron chi connectivity index (χ4n) is 2.82. The maximum absolute atomic E-state index is 5.96. The molecule has 1 fully saturated rings. The Bertz CT molecular complexity index is 377. The normalized spacial score (nSPS) is 24.7. The van der Waals surface area contributed by atoms with Gasteiger partial charge in [-0.05, 0) is 45.2 Å². The molecule has 0 spiro atoms. The van der Waals surface area contributed by atoms with Crippen molar-refractivity contribution in [2.24, 2.45) is 12.8 Å². The van der Waals surface area contributed by atoms with Gasteiger partial charge in [0, 0.05) is 25.7 Å². The Kier molecular flexibility index (Phi) is 4.40. The summed E-state index contributed by atoms with van der Waals surface area (Å²) in [5, 5.41) is 4.51. The van der Waals surface area contributed by atoms with E-state index in [2.05, 4.69) is 30.0 Å². The quantitative estimate of drug-likeness (QED) is 0.884. The van der Waals surface area contributed by atoms with Gasteiger partial charge >= 0.3 is 0 Å². The van der Waals surface area contributed by atoms with Crippen molar-refractivity contribution in [1.82, 2.24) is 14.7 Å². The molecule has 1 aliphatic rings. The van der Waals surface area contributed by atoms with Gasteiger partial charge < -0.3 is 5.73 Å². The van der Waals surface area contributed by atoms with Crippen LogP contribution in [0.3, 0.4) is 0 Å². The maximum atomic E-state index is 5.96. The van der Waals surface area contributed by atoms with E-state index in [9.17, 15) is 0 Å². The minimum atomic E-state index is 0.429. The first kappa shape index (κ1) is 13.6. The molecule has 0 radical (unpaired) electrons. The minimum Gasteiger partial charge on any atom is -0.328 e. The lowest BCUT2D eigenvalue weighted by atomic mass is 9.91. The number of rotatable bonds is 4. The van der Waals surface area contributed by atoms with Gasteiger partial charge in [0.2, 0.25) is 0 Å². The fourth-order valence-corrected chi connectivity index (χ4v) is 2.82. The molecule has 0 aromatic carbocycles. The van der Waals surface area contributed by atoms with Crippen LogP contribution in [0.15, 0.2) is 6.07 Å². The summed E-state index contributed by atoms with van der Waals surface area (Å²) in [5.41, 5.74) is 8.46. The van der Waals surface area contributed by atoms with E-state index in [-0.39, 0.29) is 0 Å². The zero-order chi connectivity index (χ0) is 13.1. The second kappa shape index (κ2) is 5.85. The van der Waals surface area contributed by atoms with Crippen LogP contribution in [0.4, 0.5) is 0 Å². The fraction of sp³-hybridized carbons (Fsp3) is 0.786. The molecule has 0 aliphatic heterocycles. The number of nitrogens with zero attached hydrogens (tertiary/aromatic N) is 3. The predicted octanol–water partition coefficient (Wildman–Crippen LogP) is 1.68. The van der Waals surface area contributed by atoms with Gasteiger partial charge in [-0.15, -0.1) is 0 Å². The third kappa shape index (κ3) is 3.12. The largest absolute Gasteiger partial charge is 0.328 e. The lowest BCUT2D eigenvalue weighted by Crippen LogP contribution is -2.38. The molecular formula is C14H26N4. The van der Waals surface area contributed by atoms with Gasteiger partial charge in [-0.1, -0.05) is 6.92 Å². The van der Waals surface area contributed by atoms with E-state index in [1.54, 1.807) is 0 Å². The third-order valence-electron chi connectivity index (χ3n) is 4.17. The van der Waals surface area contributed by atoms with Crippen molar-refractivity contribution in [3.8, 4) is 0 Å². The lowest BCUT2D eigenvalue weighted by Gasteiger charge is -2.33. The molecule has 1 aromatic heterocycles. The molecule has 1 heterocycles. The van der Waals surface area contributed by atoms with Gasteiger partial charge in [0.15, 0.2) is 0 Å². The molecule has 2 N–H and O–H groups in total. The highest BCUT2D eigenvalue weighted by Gasteiger charge is 2.22. The van der Waals surface area contributed by atoms with E-state index >= 15 is 0 Å². The van der Waals surface area contributed by atoms with Gasteiger partial charge in [-0.2, -0.15) is 5.10 Å². The summed E-state index contributed by atoms with van der Waals surface area (Å²) in [6.45, 7) is 3.14. The highest BCUT2D eigenvalue weighted by atomic mass is 15.3. The maximum Gasteiger partial charge on any atom is 0.0625 e. The molecule has 1 aromatic rings. The SMILES string of the molecule is CCc1cc(CN(C)C2CCC(N)CC2)n(C)n1. The average Bonchev–Trinajstić information content (AvgIpc) is 2.71. The first-order valence-electron chi connectivity index (χ1n) is 7.07. The Balaban J connectivity index is 1.93. The van der Waals surface area contributed by atoms with E-state index in [1.165, 1.54) is 37.1 Å². The highest BCUT2D eigenvalue weighted by molar-refractivity contribution is 5.10. The second-order valence-corrected chi connectivity index (χ2v) is 5.59. The summed E-state index contributed by atoms with van der Waals surface area (Å²) in [6, 6.07) is 3.34. The molecule has 0 bridgehead atoms. The Hall–Kier alpha value is -0.870. The van der Waals surface area contributed by atoms with E-state index in [0.717, 1.165) is 13.0 Å². The van der Waals surface area contributed by atoms with Crippen LogP contribution in [0.25, 0.3) is 0 Å². The molecule has 0 amide bonds. The molecule has 0 saturated heterocycles.